The first-order valence-corrected chi connectivity index (χ1v) is 14.6. The molecule has 2 aliphatic rings. The van der Waals surface area contributed by atoms with Gasteiger partial charge in [-0.3, -0.25) is 9.48 Å². The molecule has 2 aromatic heterocycles. The first-order chi connectivity index (χ1) is 21.4. The number of alkyl halides is 5. The quantitative estimate of drug-likeness (QED) is 0.239. The van der Waals surface area contributed by atoms with Gasteiger partial charge in [0.1, 0.15) is 29.1 Å². The number of pyridine rings is 1. The number of nitrogens with zero attached hydrogens (tertiary/aromatic N) is 4. The fourth-order valence-electron chi connectivity index (χ4n) is 6.62. The number of hydrogen-bond acceptors (Lipinski definition) is 6. The van der Waals surface area contributed by atoms with Crippen LogP contribution in [0.1, 0.15) is 65.7 Å². The Balaban J connectivity index is 1.42. The number of ketones is 1. The number of rotatable bonds is 7. The highest BCUT2D eigenvalue weighted by molar-refractivity contribution is 5.92. The van der Waals surface area contributed by atoms with Crippen molar-refractivity contribution in [3.05, 3.63) is 107 Å². The fraction of sp³-hybridized carbons (Fsp3) is 0.364. The van der Waals surface area contributed by atoms with E-state index in [0.717, 1.165) is 18.1 Å². The molecule has 2 unspecified atom stereocenters. The third-order valence-electron chi connectivity index (χ3n) is 8.78. The highest BCUT2D eigenvalue weighted by atomic mass is 19.4. The van der Waals surface area contributed by atoms with Gasteiger partial charge >= 0.3 is 12.8 Å². The summed E-state index contributed by atoms with van der Waals surface area (Å²) in [6.45, 7) is -1.19. The van der Waals surface area contributed by atoms with Crippen LogP contribution in [-0.4, -0.2) is 57.1 Å². The van der Waals surface area contributed by atoms with E-state index in [1.54, 1.807) is 10.7 Å². The van der Waals surface area contributed by atoms with Crippen LogP contribution in [-0.2, 0) is 11.2 Å². The molecule has 0 spiro atoms. The van der Waals surface area contributed by atoms with Crippen molar-refractivity contribution in [3.8, 4) is 5.75 Å². The van der Waals surface area contributed by atoms with E-state index in [2.05, 4.69) is 9.72 Å². The van der Waals surface area contributed by atoms with Gasteiger partial charge in [0.25, 0.3) is 0 Å². The Morgan fingerprint density at radius 1 is 0.956 bits per heavy atom. The van der Waals surface area contributed by atoms with Gasteiger partial charge in [0, 0.05) is 24.6 Å². The van der Waals surface area contributed by atoms with Gasteiger partial charge in [0.15, 0.2) is 5.78 Å². The van der Waals surface area contributed by atoms with Gasteiger partial charge in [-0.2, -0.15) is 27.1 Å². The van der Waals surface area contributed by atoms with E-state index in [9.17, 15) is 31.9 Å². The average Bonchev–Trinajstić information content (AvgIpc) is 3.35. The van der Waals surface area contributed by atoms with Gasteiger partial charge in [-0.25, -0.2) is 4.98 Å². The summed E-state index contributed by atoms with van der Waals surface area (Å²) in [5.41, 5.74) is -0.835. The van der Waals surface area contributed by atoms with Crippen LogP contribution in [0, 0.1) is 0 Å². The van der Waals surface area contributed by atoms with Crippen molar-refractivity contribution >= 4 is 11.6 Å². The zero-order valence-corrected chi connectivity index (χ0v) is 24.3. The molecule has 1 aliphatic heterocycles. The summed E-state index contributed by atoms with van der Waals surface area (Å²) < 4.78 is 75.6. The minimum atomic E-state index is -4.92. The van der Waals surface area contributed by atoms with Crippen LogP contribution in [0.25, 0.3) is 0 Å². The Morgan fingerprint density at radius 3 is 2.07 bits per heavy atom. The molecule has 45 heavy (non-hydrogen) atoms. The van der Waals surface area contributed by atoms with E-state index >= 15 is 0 Å². The van der Waals surface area contributed by atoms with Crippen molar-refractivity contribution in [2.24, 2.45) is 0 Å². The molecule has 2 aromatic carbocycles. The summed E-state index contributed by atoms with van der Waals surface area (Å²) in [6, 6.07) is 20.9. The minimum Gasteiger partial charge on any atom is -0.433 e. The highest BCUT2D eigenvalue weighted by Crippen LogP contribution is 2.51. The van der Waals surface area contributed by atoms with Crippen LogP contribution in [0.15, 0.2) is 79.0 Å². The molecular weight excluding hydrogens is 595 g/mol. The molecule has 2 atom stereocenters. The summed E-state index contributed by atoms with van der Waals surface area (Å²) >= 11 is 0. The van der Waals surface area contributed by atoms with E-state index in [1.165, 1.54) is 12.3 Å². The van der Waals surface area contributed by atoms with Crippen LogP contribution in [0.2, 0.25) is 0 Å². The average molecular weight is 627 g/mol. The molecule has 236 valence electrons. The minimum absolute atomic E-state index is 0.0769. The first-order valence-electron chi connectivity index (χ1n) is 14.6. The predicted octanol–water partition coefficient (Wildman–Crippen LogP) is 6.42. The Labute approximate surface area is 256 Å². The lowest BCUT2D eigenvalue weighted by Crippen LogP contribution is -2.52. The molecule has 4 aromatic rings. The topological polar surface area (TPSA) is 80.5 Å². The van der Waals surface area contributed by atoms with Crippen LogP contribution < -0.4 is 9.64 Å². The number of anilines is 1. The zero-order chi connectivity index (χ0) is 31.9. The SMILES string of the molecule is CC1(O)C(=O)Cc2c(c(C3CCN(c4ccc(OC(F)F)cn4)CC3)nn2C(c2ccccc2)c2ccccc2)C1C(F)(F)F. The number of ether oxygens (including phenoxy) is 1. The molecule has 1 aliphatic carbocycles. The first kappa shape index (κ1) is 30.7. The third kappa shape index (κ3) is 5.90. The number of carbonyl (C=O) groups is 1. The number of fused-ring (bicyclic) bond motifs is 1. The molecule has 6 rings (SSSR count). The van der Waals surface area contributed by atoms with Gasteiger partial charge in [-0.15, -0.1) is 0 Å². The molecule has 1 fully saturated rings. The van der Waals surface area contributed by atoms with Gasteiger partial charge in [0.05, 0.1) is 24.0 Å². The van der Waals surface area contributed by atoms with Crippen molar-refractivity contribution in [3.63, 3.8) is 0 Å². The summed E-state index contributed by atoms with van der Waals surface area (Å²) in [6.07, 6.45) is -3.27. The van der Waals surface area contributed by atoms with Gasteiger partial charge < -0.3 is 14.7 Å². The number of piperidine rings is 1. The fourth-order valence-corrected chi connectivity index (χ4v) is 6.62. The number of Topliss-reactive ketones (excluding diaryl/α,β-unsaturated/α-hetero) is 1. The zero-order valence-electron chi connectivity index (χ0n) is 24.3. The number of hydrogen-bond donors (Lipinski definition) is 1. The molecule has 7 nitrogen and oxygen atoms in total. The van der Waals surface area contributed by atoms with E-state index < -0.39 is 48.5 Å². The molecule has 12 heteroatoms. The summed E-state index contributed by atoms with van der Waals surface area (Å²) in [5, 5.41) is 16.0. The highest BCUT2D eigenvalue weighted by Gasteiger charge is 2.60. The van der Waals surface area contributed by atoms with E-state index in [4.69, 9.17) is 5.10 Å². The monoisotopic (exact) mass is 626 g/mol. The lowest BCUT2D eigenvalue weighted by Gasteiger charge is -2.39. The van der Waals surface area contributed by atoms with Crippen molar-refractivity contribution < 1.29 is 36.6 Å². The smallest absolute Gasteiger partial charge is 0.399 e. The second kappa shape index (κ2) is 11.9. The molecule has 1 N–H and O–H groups in total. The normalized spacial score (nSPS) is 21.0. The van der Waals surface area contributed by atoms with Gasteiger partial charge in [-0.1, -0.05) is 60.7 Å². The maximum atomic E-state index is 14.9. The Bertz CT molecular complexity index is 1600. The van der Waals surface area contributed by atoms with Crippen molar-refractivity contribution in [2.45, 2.75) is 62.5 Å². The van der Waals surface area contributed by atoms with Crippen LogP contribution >= 0.6 is 0 Å². The predicted molar refractivity (Wildman–Crippen MR) is 156 cm³/mol. The molecule has 0 radical (unpaired) electrons. The standard InChI is InChI=1S/C33H31F5N4O3/c1-32(44)25(43)18-24-27(30(32)33(36,37)38)28(20-14-16-41(17-15-20)26-13-12-23(19-39-26)45-31(34)35)40-42(24)29(21-8-4-2-5-9-21)22-10-6-3-7-11-22/h2-13,19-20,29-31,44H,14-18H2,1H3. The largest absolute Gasteiger partial charge is 0.433 e. The number of aromatic nitrogens is 3. The molecule has 0 bridgehead atoms. The Morgan fingerprint density at radius 2 is 1.56 bits per heavy atom. The van der Waals surface area contributed by atoms with E-state index in [0.29, 0.717) is 31.7 Å². The number of aliphatic hydroxyl groups is 1. The van der Waals surface area contributed by atoms with Gasteiger partial charge in [0.2, 0.25) is 0 Å². The van der Waals surface area contributed by atoms with Crippen LogP contribution in [0.3, 0.4) is 0 Å². The summed E-state index contributed by atoms with van der Waals surface area (Å²) in [7, 11) is 0. The van der Waals surface area contributed by atoms with Crippen LogP contribution in [0.4, 0.5) is 27.8 Å². The van der Waals surface area contributed by atoms with E-state index in [-0.39, 0.29) is 22.7 Å². The Kier molecular flexibility index (Phi) is 8.11. The number of carbonyl (C=O) groups excluding carboxylic acids is 1. The van der Waals surface area contributed by atoms with Crippen molar-refractivity contribution in [1.82, 2.24) is 14.8 Å². The maximum absolute atomic E-state index is 14.9. The van der Waals surface area contributed by atoms with E-state index in [1.807, 2.05) is 65.6 Å². The summed E-state index contributed by atoms with van der Waals surface area (Å²) in [5.74, 6) is -3.31. The lowest BCUT2D eigenvalue weighted by molar-refractivity contribution is -0.198. The number of benzene rings is 2. The van der Waals surface area contributed by atoms with Crippen molar-refractivity contribution in [1.29, 1.82) is 0 Å². The molecular formula is C33H31F5N4O3. The van der Waals surface area contributed by atoms with Crippen LogP contribution in [0.5, 0.6) is 5.75 Å². The second-order valence-corrected chi connectivity index (χ2v) is 11.6. The molecule has 1 saturated heterocycles. The number of halogens is 5. The third-order valence-corrected chi connectivity index (χ3v) is 8.78. The molecule has 0 saturated carbocycles. The molecule has 3 heterocycles. The Hall–Kier alpha value is -4.32. The molecule has 0 amide bonds. The summed E-state index contributed by atoms with van der Waals surface area (Å²) in [4.78, 5) is 19.3. The maximum Gasteiger partial charge on any atom is 0.399 e. The van der Waals surface area contributed by atoms with Crippen molar-refractivity contribution in [2.75, 3.05) is 18.0 Å². The lowest BCUT2D eigenvalue weighted by atomic mass is 9.71. The van der Waals surface area contributed by atoms with Gasteiger partial charge in [-0.05, 0) is 43.0 Å². The second-order valence-electron chi connectivity index (χ2n) is 11.6.